The summed E-state index contributed by atoms with van der Waals surface area (Å²) in [7, 11) is 0. The molecule has 72 valence electrons. The smallest absolute Gasteiger partial charge is 0.305 e. The van der Waals surface area contributed by atoms with Crippen LogP contribution >= 0.6 is 0 Å². The van der Waals surface area contributed by atoms with Crippen LogP contribution in [0, 0.1) is 0 Å². The Balaban J connectivity index is 2.11. The monoisotopic (exact) mass is 184 g/mol. The lowest BCUT2D eigenvalue weighted by molar-refractivity contribution is -0.144. The molecule has 6 nitrogen and oxygen atoms in total. The molecular weight excluding hydrogens is 172 g/mol. The van der Waals surface area contributed by atoms with E-state index in [1.165, 1.54) is 11.0 Å². The second-order valence-corrected chi connectivity index (χ2v) is 2.54. The van der Waals surface area contributed by atoms with E-state index >= 15 is 0 Å². The van der Waals surface area contributed by atoms with Crippen LogP contribution in [-0.2, 0) is 16.1 Å². The molecule has 0 spiro atoms. The second kappa shape index (κ2) is 5.23. The first kappa shape index (κ1) is 9.63. The molecule has 0 aromatic carbocycles. The standard InChI is InChI=1S/C7H12N4O2/c1-2-3-7(12)13-5-4-11-6-8-9-10-11/h6H,2-5H2,1H3. The summed E-state index contributed by atoms with van der Waals surface area (Å²) in [6.45, 7) is 2.76. The quantitative estimate of drug-likeness (QED) is 0.603. The van der Waals surface area contributed by atoms with E-state index in [1.54, 1.807) is 0 Å². The van der Waals surface area contributed by atoms with Crippen molar-refractivity contribution in [2.75, 3.05) is 6.61 Å². The van der Waals surface area contributed by atoms with Gasteiger partial charge >= 0.3 is 5.97 Å². The Morgan fingerprint density at radius 2 is 2.46 bits per heavy atom. The summed E-state index contributed by atoms with van der Waals surface area (Å²) in [5.41, 5.74) is 0. The van der Waals surface area contributed by atoms with E-state index < -0.39 is 0 Å². The third-order valence-corrected chi connectivity index (χ3v) is 1.43. The van der Waals surface area contributed by atoms with Gasteiger partial charge in [-0.05, 0) is 16.8 Å². The van der Waals surface area contributed by atoms with E-state index in [0.717, 1.165) is 6.42 Å². The van der Waals surface area contributed by atoms with Gasteiger partial charge in [0.15, 0.2) is 0 Å². The summed E-state index contributed by atoms with van der Waals surface area (Å²) in [6, 6.07) is 0. The van der Waals surface area contributed by atoms with E-state index in [2.05, 4.69) is 15.5 Å². The Bertz CT molecular complexity index is 247. The predicted octanol–water partition coefficient (Wildman–Crippen LogP) is 0.0164. The topological polar surface area (TPSA) is 69.9 Å². The fourth-order valence-corrected chi connectivity index (χ4v) is 0.812. The van der Waals surface area contributed by atoms with Gasteiger partial charge in [-0.2, -0.15) is 0 Å². The number of rotatable bonds is 5. The third kappa shape index (κ3) is 3.64. The van der Waals surface area contributed by atoms with E-state index in [9.17, 15) is 4.79 Å². The van der Waals surface area contributed by atoms with Gasteiger partial charge in [0, 0.05) is 6.42 Å². The maximum atomic E-state index is 10.9. The number of ether oxygens (including phenoxy) is 1. The number of esters is 1. The van der Waals surface area contributed by atoms with Gasteiger partial charge in [-0.1, -0.05) is 6.92 Å². The Kier molecular flexibility index (Phi) is 3.87. The zero-order chi connectivity index (χ0) is 9.52. The maximum Gasteiger partial charge on any atom is 0.305 e. The van der Waals surface area contributed by atoms with Crippen LogP contribution in [0.4, 0.5) is 0 Å². The minimum atomic E-state index is -0.171. The number of carbonyl (C=O) groups excluding carboxylic acids is 1. The van der Waals surface area contributed by atoms with Gasteiger partial charge in [-0.3, -0.25) is 4.79 Å². The highest BCUT2D eigenvalue weighted by molar-refractivity contribution is 5.69. The lowest BCUT2D eigenvalue weighted by Gasteiger charge is -2.02. The molecule has 0 fully saturated rings. The molecule has 13 heavy (non-hydrogen) atoms. The first-order chi connectivity index (χ1) is 6.33. The Hall–Kier alpha value is -1.46. The van der Waals surface area contributed by atoms with Crippen LogP contribution in [0.25, 0.3) is 0 Å². The van der Waals surface area contributed by atoms with Crippen molar-refractivity contribution in [2.24, 2.45) is 0 Å². The van der Waals surface area contributed by atoms with Crippen molar-refractivity contribution in [3.63, 3.8) is 0 Å². The van der Waals surface area contributed by atoms with Crippen LogP contribution < -0.4 is 0 Å². The molecule has 0 bridgehead atoms. The Morgan fingerprint density at radius 3 is 3.08 bits per heavy atom. The van der Waals surface area contributed by atoms with Crippen molar-refractivity contribution in [2.45, 2.75) is 26.3 Å². The Morgan fingerprint density at radius 1 is 1.62 bits per heavy atom. The van der Waals surface area contributed by atoms with Gasteiger partial charge in [0.1, 0.15) is 12.9 Å². The number of carbonyl (C=O) groups is 1. The molecule has 0 amide bonds. The van der Waals surface area contributed by atoms with E-state index in [4.69, 9.17) is 4.74 Å². The molecule has 1 aromatic heterocycles. The Labute approximate surface area is 75.9 Å². The zero-order valence-electron chi connectivity index (χ0n) is 7.51. The number of aromatic nitrogens is 4. The molecule has 0 aliphatic rings. The second-order valence-electron chi connectivity index (χ2n) is 2.54. The minimum absolute atomic E-state index is 0.171. The third-order valence-electron chi connectivity index (χ3n) is 1.43. The molecule has 0 saturated heterocycles. The molecule has 0 saturated carbocycles. The average Bonchev–Trinajstić information content (AvgIpc) is 2.57. The molecule has 0 aliphatic carbocycles. The maximum absolute atomic E-state index is 10.9. The molecule has 1 heterocycles. The minimum Gasteiger partial charge on any atom is -0.464 e. The van der Waals surface area contributed by atoms with Crippen LogP contribution in [0.15, 0.2) is 6.33 Å². The van der Waals surface area contributed by atoms with E-state index in [0.29, 0.717) is 19.6 Å². The zero-order valence-corrected chi connectivity index (χ0v) is 7.51. The highest BCUT2D eigenvalue weighted by Crippen LogP contribution is 1.91. The molecule has 1 rings (SSSR count). The summed E-state index contributed by atoms with van der Waals surface area (Å²) in [4.78, 5) is 10.9. The number of hydrogen-bond acceptors (Lipinski definition) is 5. The summed E-state index contributed by atoms with van der Waals surface area (Å²) in [5.74, 6) is -0.171. The van der Waals surface area contributed by atoms with Gasteiger partial charge in [0.05, 0.1) is 6.54 Å². The van der Waals surface area contributed by atoms with Gasteiger partial charge in [0.25, 0.3) is 0 Å². The van der Waals surface area contributed by atoms with Gasteiger partial charge in [0.2, 0.25) is 0 Å². The van der Waals surface area contributed by atoms with Crippen LogP contribution in [0.1, 0.15) is 19.8 Å². The van der Waals surface area contributed by atoms with Crippen LogP contribution in [0.3, 0.4) is 0 Å². The van der Waals surface area contributed by atoms with E-state index in [-0.39, 0.29) is 5.97 Å². The SMILES string of the molecule is CCCC(=O)OCCn1cnnn1. The summed E-state index contributed by atoms with van der Waals surface area (Å²) in [6.07, 6.45) is 2.76. The molecule has 6 heteroatoms. The lowest BCUT2D eigenvalue weighted by atomic mass is 10.3. The van der Waals surface area contributed by atoms with Crippen molar-refractivity contribution in [3.05, 3.63) is 6.33 Å². The van der Waals surface area contributed by atoms with E-state index in [1.807, 2.05) is 6.92 Å². The van der Waals surface area contributed by atoms with Crippen LogP contribution in [0.2, 0.25) is 0 Å². The highest BCUT2D eigenvalue weighted by Gasteiger charge is 2.00. The van der Waals surface area contributed by atoms with Gasteiger partial charge < -0.3 is 4.74 Å². The van der Waals surface area contributed by atoms with Crippen molar-refractivity contribution in [1.29, 1.82) is 0 Å². The number of nitrogens with zero attached hydrogens (tertiary/aromatic N) is 4. The largest absolute Gasteiger partial charge is 0.464 e. The summed E-state index contributed by atoms with van der Waals surface area (Å²) >= 11 is 0. The average molecular weight is 184 g/mol. The van der Waals surface area contributed by atoms with Crippen molar-refractivity contribution < 1.29 is 9.53 Å². The molecule has 0 N–H and O–H groups in total. The van der Waals surface area contributed by atoms with Gasteiger partial charge in [-0.25, -0.2) is 4.68 Å². The summed E-state index contributed by atoms with van der Waals surface area (Å²) < 4.78 is 6.41. The lowest BCUT2D eigenvalue weighted by Crippen LogP contribution is -2.11. The molecule has 0 radical (unpaired) electrons. The van der Waals surface area contributed by atoms with Crippen molar-refractivity contribution in [3.8, 4) is 0 Å². The molecule has 1 aromatic rings. The van der Waals surface area contributed by atoms with Crippen LogP contribution in [-0.4, -0.2) is 32.8 Å². The molecule has 0 atom stereocenters. The number of tetrazole rings is 1. The fraction of sp³-hybridized carbons (Fsp3) is 0.714. The first-order valence-corrected chi connectivity index (χ1v) is 4.19. The highest BCUT2D eigenvalue weighted by atomic mass is 16.5. The first-order valence-electron chi connectivity index (χ1n) is 4.19. The normalized spacial score (nSPS) is 9.92. The van der Waals surface area contributed by atoms with Crippen LogP contribution in [0.5, 0.6) is 0 Å². The van der Waals surface area contributed by atoms with Crippen molar-refractivity contribution >= 4 is 5.97 Å². The predicted molar refractivity (Wildman–Crippen MR) is 43.7 cm³/mol. The molecule has 0 aliphatic heterocycles. The summed E-state index contributed by atoms with van der Waals surface area (Å²) in [5, 5.41) is 10.5. The number of hydrogen-bond donors (Lipinski definition) is 0. The fourth-order valence-electron chi connectivity index (χ4n) is 0.812. The van der Waals surface area contributed by atoms with Crippen molar-refractivity contribution in [1.82, 2.24) is 20.2 Å². The molecule has 0 unspecified atom stereocenters. The molecular formula is C7H12N4O2. The van der Waals surface area contributed by atoms with Gasteiger partial charge in [-0.15, -0.1) is 5.10 Å².